The van der Waals surface area contributed by atoms with Gasteiger partial charge in [0.05, 0.1) is 9.83 Å². The standard InChI is InChI=1S/C21H18N4O6S2/c1-22-14-4-3-13(10-15(14)25(28)29)19(26)23-6-7-24-20(27)18(33-21(24)32)9-12-2-5-16-17(8-12)31-11-30-16/h2-5,8-10,22H,6-7,11H2,1H3,(H,23,26)/b18-9-. The fourth-order valence-electron chi connectivity index (χ4n) is 3.27. The van der Waals surface area contributed by atoms with Crippen LogP contribution in [0.3, 0.4) is 0 Å². The summed E-state index contributed by atoms with van der Waals surface area (Å²) in [5, 5.41) is 16.6. The molecule has 170 valence electrons. The molecule has 0 radical (unpaired) electrons. The number of nitro groups is 1. The number of thioether (sulfide) groups is 1. The van der Waals surface area contributed by atoms with Crippen LogP contribution in [-0.4, -0.2) is 52.9 Å². The number of thiocarbonyl (C=S) groups is 1. The van der Waals surface area contributed by atoms with Crippen molar-refractivity contribution in [2.45, 2.75) is 0 Å². The summed E-state index contributed by atoms with van der Waals surface area (Å²) in [6, 6.07) is 9.54. The van der Waals surface area contributed by atoms with Gasteiger partial charge >= 0.3 is 0 Å². The minimum absolute atomic E-state index is 0.129. The zero-order valence-corrected chi connectivity index (χ0v) is 19.0. The Labute approximate surface area is 198 Å². The van der Waals surface area contributed by atoms with Crippen LogP contribution >= 0.6 is 24.0 Å². The van der Waals surface area contributed by atoms with Crippen molar-refractivity contribution in [1.82, 2.24) is 10.2 Å². The lowest BCUT2D eigenvalue weighted by molar-refractivity contribution is -0.384. The van der Waals surface area contributed by atoms with E-state index in [0.717, 1.165) is 5.56 Å². The Morgan fingerprint density at radius 1 is 1.27 bits per heavy atom. The normalized spacial score (nSPS) is 15.8. The predicted molar refractivity (Wildman–Crippen MR) is 127 cm³/mol. The monoisotopic (exact) mass is 486 g/mol. The molecule has 1 fully saturated rings. The third-order valence-electron chi connectivity index (χ3n) is 4.91. The van der Waals surface area contributed by atoms with Crippen molar-refractivity contribution in [2.75, 3.05) is 32.2 Å². The molecule has 0 bridgehead atoms. The molecule has 4 rings (SSSR count). The van der Waals surface area contributed by atoms with E-state index in [4.69, 9.17) is 21.7 Å². The summed E-state index contributed by atoms with van der Waals surface area (Å²) in [6.07, 6.45) is 1.72. The molecule has 1 saturated heterocycles. The molecule has 0 unspecified atom stereocenters. The molecule has 10 nitrogen and oxygen atoms in total. The Kier molecular flexibility index (Phi) is 6.47. The van der Waals surface area contributed by atoms with Crippen molar-refractivity contribution in [3.63, 3.8) is 0 Å². The van der Waals surface area contributed by atoms with Gasteiger partial charge in [0, 0.05) is 31.8 Å². The second kappa shape index (κ2) is 9.46. The molecule has 2 heterocycles. The molecule has 0 spiro atoms. The van der Waals surface area contributed by atoms with E-state index in [9.17, 15) is 19.7 Å². The number of rotatable bonds is 7. The van der Waals surface area contributed by atoms with Crippen molar-refractivity contribution >= 4 is 57.6 Å². The van der Waals surface area contributed by atoms with E-state index in [1.165, 1.54) is 34.9 Å². The van der Waals surface area contributed by atoms with E-state index in [0.29, 0.717) is 26.4 Å². The lowest BCUT2D eigenvalue weighted by atomic mass is 10.1. The van der Waals surface area contributed by atoms with Crippen LogP contribution in [0.2, 0.25) is 0 Å². The van der Waals surface area contributed by atoms with Gasteiger partial charge in [0.1, 0.15) is 10.0 Å². The number of hydrogen-bond donors (Lipinski definition) is 2. The average molecular weight is 487 g/mol. The van der Waals surface area contributed by atoms with Crippen molar-refractivity contribution in [3.05, 3.63) is 62.5 Å². The van der Waals surface area contributed by atoms with Gasteiger partial charge in [-0.3, -0.25) is 24.6 Å². The molecular weight excluding hydrogens is 468 g/mol. The maximum atomic E-state index is 12.8. The van der Waals surface area contributed by atoms with Crippen LogP contribution in [0, 0.1) is 10.1 Å². The number of fused-ring (bicyclic) bond motifs is 1. The number of nitro benzene ring substituents is 1. The van der Waals surface area contributed by atoms with E-state index in [1.807, 2.05) is 6.07 Å². The van der Waals surface area contributed by atoms with E-state index in [2.05, 4.69) is 10.6 Å². The summed E-state index contributed by atoms with van der Waals surface area (Å²) >= 11 is 6.50. The number of ether oxygens (including phenoxy) is 2. The Hall–Kier alpha value is -3.64. The van der Waals surface area contributed by atoms with Gasteiger partial charge in [-0.25, -0.2) is 0 Å². The molecule has 0 aromatic heterocycles. The highest BCUT2D eigenvalue weighted by Crippen LogP contribution is 2.36. The molecule has 0 aliphatic carbocycles. The van der Waals surface area contributed by atoms with E-state index >= 15 is 0 Å². The van der Waals surface area contributed by atoms with Gasteiger partial charge in [-0.15, -0.1) is 0 Å². The van der Waals surface area contributed by atoms with Crippen LogP contribution in [0.1, 0.15) is 15.9 Å². The Bertz CT molecular complexity index is 1200. The summed E-state index contributed by atoms with van der Waals surface area (Å²) in [5.41, 5.74) is 1.03. The number of hydrogen-bond acceptors (Lipinski definition) is 9. The number of benzene rings is 2. The maximum absolute atomic E-state index is 12.8. The summed E-state index contributed by atoms with van der Waals surface area (Å²) in [7, 11) is 1.56. The average Bonchev–Trinajstić information content (AvgIpc) is 3.37. The minimum atomic E-state index is -0.560. The number of amides is 2. The molecule has 0 saturated carbocycles. The summed E-state index contributed by atoms with van der Waals surface area (Å²) in [6.45, 7) is 0.468. The molecule has 2 aromatic rings. The predicted octanol–water partition coefficient (Wildman–Crippen LogP) is 3.00. The van der Waals surface area contributed by atoms with Gasteiger partial charge in [-0.2, -0.15) is 0 Å². The van der Waals surface area contributed by atoms with Gasteiger partial charge in [-0.1, -0.05) is 30.0 Å². The van der Waals surface area contributed by atoms with Crippen LogP contribution < -0.4 is 20.1 Å². The third kappa shape index (κ3) is 4.76. The molecule has 2 N–H and O–H groups in total. The molecule has 33 heavy (non-hydrogen) atoms. The largest absolute Gasteiger partial charge is 0.454 e. The van der Waals surface area contributed by atoms with Gasteiger partial charge in [-0.05, 0) is 35.9 Å². The van der Waals surface area contributed by atoms with Gasteiger partial charge < -0.3 is 20.1 Å². The molecule has 2 aliphatic rings. The Balaban J connectivity index is 1.37. The van der Waals surface area contributed by atoms with Crippen LogP contribution in [0.4, 0.5) is 11.4 Å². The number of anilines is 1. The summed E-state index contributed by atoms with van der Waals surface area (Å²) in [4.78, 5) is 37.7. The number of carbonyl (C=O) groups is 2. The smallest absolute Gasteiger partial charge is 0.293 e. The van der Waals surface area contributed by atoms with Crippen molar-refractivity contribution in [1.29, 1.82) is 0 Å². The molecule has 0 atom stereocenters. The van der Waals surface area contributed by atoms with Crippen LogP contribution in [-0.2, 0) is 4.79 Å². The first-order valence-corrected chi connectivity index (χ1v) is 11.0. The lowest BCUT2D eigenvalue weighted by Gasteiger charge is -2.15. The van der Waals surface area contributed by atoms with Crippen molar-refractivity contribution in [3.8, 4) is 11.5 Å². The molecule has 2 aromatic carbocycles. The first-order chi connectivity index (χ1) is 15.9. The number of nitrogens with zero attached hydrogens (tertiary/aromatic N) is 2. The van der Waals surface area contributed by atoms with E-state index < -0.39 is 10.8 Å². The number of carbonyl (C=O) groups excluding carboxylic acids is 2. The second-order valence-corrected chi connectivity index (χ2v) is 8.62. The van der Waals surface area contributed by atoms with Crippen molar-refractivity contribution < 1.29 is 24.0 Å². The van der Waals surface area contributed by atoms with Gasteiger partial charge in [0.2, 0.25) is 6.79 Å². The number of nitrogens with one attached hydrogen (secondary N) is 2. The topological polar surface area (TPSA) is 123 Å². The zero-order chi connectivity index (χ0) is 23.5. The maximum Gasteiger partial charge on any atom is 0.293 e. The fraction of sp³-hybridized carbons (Fsp3) is 0.190. The second-order valence-electron chi connectivity index (χ2n) is 6.94. The summed E-state index contributed by atoms with van der Waals surface area (Å²) in [5.74, 6) is 0.527. The molecule has 2 amide bonds. The third-order valence-corrected chi connectivity index (χ3v) is 6.29. The van der Waals surface area contributed by atoms with E-state index in [1.54, 1.807) is 25.3 Å². The first kappa shape index (κ1) is 22.6. The molecular formula is C21H18N4O6S2. The van der Waals surface area contributed by atoms with Gasteiger partial charge in [0.15, 0.2) is 11.5 Å². The Morgan fingerprint density at radius 2 is 2.06 bits per heavy atom. The SMILES string of the molecule is CNc1ccc(C(=O)NCCN2C(=O)/C(=C/c3ccc4c(c3)OCO4)SC2=S)cc1[N+](=O)[O-]. The van der Waals surface area contributed by atoms with Crippen LogP contribution in [0.25, 0.3) is 6.08 Å². The van der Waals surface area contributed by atoms with Gasteiger partial charge in [0.25, 0.3) is 17.5 Å². The van der Waals surface area contributed by atoms with Crippen LogP contribution in [0.5, 0.6) is 11.5 Å². The molecule has 2 aliphatic heterocycles. The fourth-order valence-corrected chi connectivity index (χ4v) is 4.57. The lowest BCUT2D eigenvalue weighted by Crippen LogP contribution is -2.37. The van der Waals surface area contributed by atoms with Crippen LogP contribution in [0.15, 0.2) is 41.3 Å². The first-order valence-electron chi connectivity index (χ1n) is 9.77. The highest BCUT2D eigenvalue weighted by Gasteiger charge is 2.32. The molecule has 12 heteroatoms. The highest BCUT2D eigenvalue weighted by atomic mass is 32.2. The minimum Gasteiger partial charge on any atom is -0.454 e. The van der Waals surface area contributed by atoms with E-state index in [-0.39, 0.29) is 37.0 Å². The highest BCUT2D eigenvalue weighted by molar-refractivity contribution is 8.26. The van der Waals surface area contributed by atoms with Crippen molar-refractivity contribution in [2.24, 2.45) is 0 Å². The summed E-state index contributed by atoms with van der Waals surface area (Å²) < 4.78 is 11.0. The zero-order valence-electron chi connectivity index (χ0n) is 17.3. The quantitative estimate of drug-likeness (QED) is 0.263. The Morgan fingerprint density at radius 3 is 2.82 bits per heavy atom.